The van der Waals surface area contributed by atoms with Gasteiger partial charge in [-0.05, 0) is 32.0 Å². The van der Waals surface area contributed by atoms with Crippen LogP contribution in [0.2, 0.25) is 0 Å². The molecule has 0 aliphatic carbocycles. The molecule has 0 aliphatic heterocycles. The molecule has 0 N–H and O–H groups in total. The van der Waals surface area contributed by atoms with Crippen LogP contribution in [0.1, 0.15) is 17.0 Å². The van der Waals surface area contributed by atoms with Crippen molar-refractivity contribution in [3.8, 4) is 0 Å². The maximum absolute atomic E-state index is 13.4. The first-order valence-corrected chi connectivity index (χ1v) is 5.51. The van der Waals surface area contributed by atoms with Crippen molar-refractivity contribution in [2.75, 3.05) is 0 Å². The van der Waals surface area contributed by atoms with Crippen LogP contribution >= 0.6 is 0 Å². The minimum absolute atomic E-state index is 0.297. The van der Waals surface area contributed by atoms with Gasteiger partial charge in [-0.2, -0.15) is 0 Å². The highest BCUT2D eigenvalue weighted by Gasteiger charge is 2.03. The molecule has 0 spiro atoms. The molecule has 2 aromatic rings. The SMILES string of the molecule is Cc1cc(C=Nc2ccccc2F)c(C)n1C. The van der Waals surface area contributed by atoms with Gasteiger partial charge in [0.05, 0.1) is 5.69 Å². The number of halogens is 1. The van der Waals surface area contributed by atoms with E-state index in [-0.39, 0.29) is 5.82 Å². The third-order valence-electron chi connectivity index (χ3n) is 3.01. The van der Waals surface area contributed by atoms with Crippen molar-refractivity contribution in [1.29, 1.82) is 0 Å². The van der Waals surface area contributed by atoms with Crippen LogP contribution in [-0.2, 0) is 7.05 Å². The van der Waals surface area contributed by atoms with Crippen molar-refractivity contribution in [2.45, 2.75) is 13.8 Å². The first-order chi connectivity index (χ1) is 8.09. The number of benzene rings is 1. The number of aromatic nitrogens is 1. The Balaban J connectivity index is 2.33. The van der Waals surface area contributed by atoms with Gasteiger partial charge in [0.15, 0.2) is 0 Å². The molecule has 0 fully saturated rings. The minimum Gasteiger partial charge on any atom is -0.352 e. The maximum atomic E-state index is 13.4. The molecule has 17 heavy (non-hydrogen) atoms. The zero-order valence-corrected chi connectivity index (χ0v) is 10.2. The summed E-state index contributed by atoms with van der Waals surface area (Å²) in [5.41, 5.74) is 3.68. The Bertz CT molecular complexity index is 568. The third kappa shape index (κ3) is 2.28. The van der Waals surface area contributed by atoms with Crippen molar-refractivity contribution in [3.05, 3.63) is 53.1 Å². The van der Waals surface area contributed by atoms with E-state index in [0.717, 1.165) is 17.0 Å². The molecule has 0 unspecified atom stereocenters. The van der Waals surface area contributed by atoms with E-state index in [9.17, 15) is 4.39 Å². The van der Waals surface area contributed by atoms with Crippen LogP contribution < -0.4 is 0 Å². The molecule has 2 nitrogen and oxygen atoms in total. The number of hydrogen-bond donors (Lipinski definition) is 0. The molecule has 0 atom stereocenters. The second-order valence-electron chi connectivity index (χ2n) is 4.10. The second kappa shape index (κ2) is 4.53. The summed E-state index contributed by atoms with van der Waals surface area (Å²) in [6.07, 6.45) is 1.71. The number of rotatable bonds is 2. The zero-order valence-electron chi connectivity index (χ0n) is 10.2. The van der Waals surface area contributed by atoms with E-state index < -0.39 is 0 Å². The average molecular weight is 230 g/mol. The fraction of sp³-hybridized carbons (Fsp3) is 0.214. The Kier molecular flexibility index (Phi) is 3.09. The van der Waals surface area contributed by atoms with E-state index in [4.69, 9.17) is 0 Å². The number of para-hydroxylation sites is 1. The van der Waals surface area contributed by atoms with Gasteiger partial charge in [0.25, 0.3) is 0 Å². The number of nitrogens with zero attached hydrogens (tertiary/aromatic N) is 2. The lowest BCUT2D eigenvalue weighted by molar-refractivity contribution is 0.630. The van der Waals surface area contributed by atoms with E-state index in [0.29, 0.717) is 5.69 Å². The normalized spacial score (nSPS) is 11.3. The van der Waals surface area contributed by atoms with E-state index >= 15 is 0 Å². The molecule has 3 heteroatoms. The van der Waals surface area contributed by atoms with Gasteiger partial charge in [-0.1, -0.05) is 12.1 Å². The first-order valence-electron chi connectivity index (χ1n) is 5.51. The molecule has 2 rings (SSSR count). The van der Waals surface area contributed by atoms with Gasteiger partial charge in [-0.3, -0.25) is 4.99 Å². The van der Waals surface area contributed by atoms with Crippen molar-refractivity contribution in [3.63, 3.8) is 0 Å². The topological polar surface area (TPSA) is 17.3 Å². The molecule has 0 amide bonds. The zero-order chi connectivity index (χ0) is 12.4. The summed E-state index contributed by atoms with van der Waals surface area (Å²) < 4.78 is 15.4. The van der Waals surface area contributed by atoms with Gasteiger partial charge >= 0.3 is 0 Å². The Labute approximate surface area is 100 Å². The van der Waals surface area contributed by atoms with E-state index in [1.54, 1.807) is 24.4 Å². The molecule has 0 saturated heterocycles. The first kappa shape index (κ1) is 11.6. The predicted octanol–water partition coefficient (Wildman–Crippen LogP) is 3.53. The Hall–Kier alpha value is -1.90. The van der Waals surface area contributed by atoms with Gasteiger partial charge < -0.3 is 4.57 Å². The monoisotopic (exact) mass is 230 g/mol. The van der Waals surface area contributed by atoms with E-state index in [1.165, 1.54) is 6.07 Å². The van der Waals surface area contributed by atoms with Crippen LogP contribution in [0.4, 0.5) is 10.1 Å². The minimum atomic E-state index is -0.297. The van der Waals surface area contributed by atoms with Crippen LogP contribution in [0, 0.1) is 19.7 Å². The van der Waals surface area contributed by atoms with Crippen LogP contribution in [0.3, 0.4) is 0 Å². The molecule has 88 valence electrons. The van der Waals surface area contributed by atoms with Crippen LogP contribution in [0.5, 0.6) is 0 Å². The van der Waals surface area contributed by atoms with Gasteiger partial charge in [0.1, 0.15) is 5.82 Å². The van der Waals surface area contributed by atoms with Crippen LogP contribution in [0.25, 0.3) is 0 Å². The highest BCUT2D eigenvalue weighted by molar-refractivity contribution is 5.83. The lowest BCUT2D eigenvalue weighted by atomic mass is 10.2. The number of aryl methyl sites for hydroxylation is 1. The van der Waals surface area contributed by atoms with Gasteiger partial charge in [0, 0.05) is 30.2 Å². The van der Waals surface area contributed by atoms with Gasteiger partial charge in [-0.25, -0.2) is 4.39 Å². The highest BCUT2D eigenvalue weighted by Crippen LogP contribution is 2.17. The van der Waals surface area contributed by atoms with Gasteiger partial charge in [0.2, 0.25) is 0 Å². The molecule has 1 aromatic carbocycles. The van der Waals surface area contributed by atoms with Gasteiger partial charge in [-0.15, -0.1) is 0 Å². The number of hydrogen-bond acceptors (Lipinski definition) is 1. The van der Waals surface area contributed by atoms with E-state index in [1.807, 2.05) is 27.0 Å². The smallest absolute Gasteiger partial charge is 0.148 e. The van der Waals surface area contributed by atoms with Crippen molar-refractivity contribution < 1.29 is 4.39 Å². The molecular formula is C14H15FN2. The van der Waals surface area contributed by atoms with Crippen molar-refractivity contribution in [2.24, 2.45) is 12.0 Å². The molecule has 0 radical (unpaired) electrons. The summed E-state index contributed by atoms with van der Waals surface area (Å²) in [6, 6.07) is 8.55. The highest BCUT2D eigenvalue weighted by atomic mass is 19.1. The fourth-order valence-electron chi connectivity index (χ4n) is 1.71. The molecule has 0 saturated carbocycles. The lowest BCUT2D eigenvalue weighted by Gasteiger charge is -1.99. The molecule has 0 aliphatic rings. The lowest BCUT2D eigenvalue weighted by Crippen LogP contribution is -1.93. The van der Waals surface area contributed by atoms with Crippen LogP contribution in [0.15, 0.2) is 35.3 Å². The molecular weight excluding hydrogens is 215 g/mol. The summed E-state index contributed by atoms with van der Waals surface area (Å²) >= 11 is 0. The standard InChI is InChI=1S/C14H15FN2/c1-10-8-12(11(2)17(10)3)9-16-14-7-5-4-6-13(14)15/h4-9H,1-3H3. The Morgan fingerprint density at radius 1 is 1.24 bits per heavy atom. The predicted molar refractivity (Wildman–Crippen MR) is 68.5 cm³/mol. The average Bonchev–Trinajstić information content (AvgIpc) is 2.56. The summed E-state index contributed by atoms with van der Waals surface area (Å²) in [4.78, 5) is 4.18. The Morgan fingerprint density at radius 3 is 2.53 bits per heavy atom. The van der Waals surface area contributed by atoms with Crippen molar-refractivity contribution in [1.82, 2.24) is 4.57 Å². The summed E-state index contributed by atoms with van der Waals surface area (Å²) in [7, 11) is 2.01. The fourth-order valence-corrected chi connectivity index (χ4v) is 1.71. The molecule has 0 bridgehead atoms. The van der Waals surface area contributed by atoms with E-state index in [2.05, 4.69) is 9.56 Å². The summed E-state index contributed by atoms with van der Waals surface area (Å²) in [5, 5.41) is 0. The van der Waals surface area contributed by atoms with Crippen molar-refractivity contribution >= 4 is 11.9 Å². The maximum Gasteiger partial charge on any atom is 0.148 e. The largest absolute Gasteiger partial charge is 0.352 e. The van der Waals surface area contributed by atoms with Crippen LogP contribution in [-0.4, -0.2) is 10.8 Å². The third-order valence-corrected chi connectivity index (χ3v) is 3.01. The summed E-state index contributed by atoms with van der Waals surface area (Å²) in [6.45, 7) is 4.06. The quantitative estimate of drug-likeness (QED) is 0.702. The molecule has 1 heterocycles. The second-order valence-corrected chi connectivity index (χ2v) is 4.10. The number of aliphatic imine (C=N–C) groups is 1. The molecule has 1 aromatic heterocycles. The summed E-state index contributed by atoms with van der Waals surface area (Å²) in [5.74, 6) is -0.297. The Morgan fingerprint density at radius 2 is 1.94 bits per heavy atom.